The summed E-state index contributed by atoms with van der Waals surface area (Å²) in [5.74, 6) is 0.537. The lowest BCUT2D eigenvalue weighted by Gasteiger charge is -2.12. The fraction of sp³-hybridized carbons (Fsp3) is 0.333. The fourth-order valence-corrected chi connectivity index (χ4v) is 1.45. The van der Waals surface area contributed by atoms with Crippen molar-refractivity contribution in [2.24, 2.45) is 0 Å². The van der Waals surface area contributed by atoms with Crippen molar-refractivity contribution in [1.29, 1.82) is 0 Å². The molecule has 0 spiro atoms. The minimum atomic E-state index is 0.537. The van der Waals surface area contributed by atoms with Gasteiger partial charge in [0.15, 0.2) is 0 Å². The topological polar surface area (TPSA) is 45.1 Å². The lowest BCUT2D eigenvalue weighted by atomic mass is 10.1. The molecule has 2 heterocycles. The Bertz CT molecular complexity index is 369. The van der Waals surface area contributed by atoms with Gasteiger partial charge >= 0.3 is 0 Å². The van der Waals surface area contributed by atoms with Gasteiger partial charge in [-0.15, -0.1) is 5.10 Å². The van der Waals surface area contributed by atoms with Crippen molar-refractivity contribution in [1.82, 2.24) is 15.5 Å². The van der Waals surface area contributed by atoms with Gasteiger partial charge in [-0.1, -0.05) is 12.6 Å². The molecule has 0 unspecified atom stereocenters. The van der Waals surface area contributed by atoms with E-state index in [0.29, 0.717) is 5.82 Å². The van der Waals surface area contributed by atoms with Crippen molar-refractivity contribution in [3.05, 3.63) is 29.3 Å². The molecule has 0 bridgehead atoms. The van der Waals surface area contributed by atoms with Gasteiger partial charge in [0, 0.05) is 12.1 Å². The van der Waals surface area contributed by atoms with Crippen molar-refractivity contribution < 1.29 is 0 Å². The second-order valence-corrected chi connectivity index (χ2v) is 2.94. The Kier molecular flexibility index (Phi) is 2.11. The molecule has 0 aromatic carbocycles. The molecule has 66 valence electrons. The zero-order valence-electron chi connectivity index (χ0n) is 7.17. The first-order chi connectivity index (χ1) is 6.42. The molecule has 1 aromatic heterocycles. The molecule has 0 saturated heterocycles. The summed E-state index contributed by atoms with van der Waals surface area (Å²) in [6.45, 7) is 8.78. The van der Waals surface area contributed by atoms with Crippen LogP contribution >= 0.6 is 0 Å². The number of hydrogen-bond donors (Lipinski definition) is 2. The van der Waals surface area contributed by atoms with Crippen molar-refractivity contribution in [3.8, 4) is 0 Å². The first-order valence-corrected chi connectivity index (χ1v) is 4.23. The Balaban J connectivity index is 2.34. The summed E-state index contributed by atoms with van der Waals surface area (Å²) >= 11 is 0. The van der Waals surface area contributed by atoms with Crippen LogP contribution in [-0.4, -0.2) is 23.3 Å². The van der Waals surface area contributed by atoms with Gasteiger partial charge in [-0.2, -0.15) is 0 Å². The second kappa shape index (κ2) is 3.42. The van der Waals surface area contributed by atoms with E-state index in [1.165, 1.54) is 5.57 Å². The van der Waals surface area contributed by atoms with Gasteiger partial charge in [-0.25, -0.2) is 5.10 Å². The van der Waals surface area contributed by atoms with Crippen LogP contribution in [0.5, 0.6) is 0 Å². The van der Waals surface area contributed by atoms with E-state index in [-0.39, 0.29) is 0 Å². The van der Waals surface area contributed by atoms with Crippen LogP contribution in [-0.2, 0) is 0 Å². The smallest absolute Gasteiger partial charge is 0.257 e. The van der Waals surface area contributed by atoms with E-state index in [1.54, 1.807) is 6.20 Å². The molecule has 0 aliphatic carbocycles. The van der Waals surface area contributed by atoms with Gasteiger partial charge in [0.2, 0.25) is 0 Å². The molecule has 4 heteroatoms. The average Bonchev–Trinajstić information content (AvgIpc) is 2.67. The van der Waals surface area contributed by atoms with Gasteiger partial charge in [0.05, 0.1) is 6.20 Å². The summed E-state index contributed by atoms with van der Waals surface area (Å²) in [7, 11) is 0. The SMILES string of the molecule is [C-]#[N+]c1[nH]ncc1C1=CCCNC1. The van der Waals surface area contributed by atoms with Gasteiger partial charge < -0.3 is 10.2 Å². The Morgan fingerprint density at radius 3 is 3.15 bits per heavy atom. The molecule has 0 amide bonds. The van der Waals surface area contributed by atoms with Crippen LogP contribution in [0.4, 0.5) is 5.82 Å². The quantitative estimate of drug-likeness (QED) is 0.631. The molecule has 2 N–H and O–H groups in total. The molecule has 0 atom stereocenters. The van der Waals surface area contributed by atoms with E-state index in [9.17, 15) is 0 Å². The molecule has 1 aliphatic rings. The van der Waals surface area contributed by atoms with Gasteiger partial charge in [-0.3, -0.25) is 0 Å². The van der Waals surface area contributed by atoms with Gasteiger partial charge in [-0.05, 0) is 18.5 Å². The highest BCUT2D eigenvalue weighted by Gasteiger charge is 2.11. The molecule has 4 nitrogen and oxygen atoms in total. The van der Waals surface area contributed by atoms with E-state index < -0.39 is 0 Å². The van der Waals surface area contributed by atoms with Crippen LogP contribution < -0.4 is 5.32 Å². The third-order valence-electron chi connectivity index (χ3n) is 2.10. The third kappa shape index (κ3) is 1.46. The van der Waals surface area contributed by atoms with Crippen LogP contribution in [0.15, 0.2) is 12.3 Å². The summed E-state index contributed by atoms with van der Waals surface area (Å²) in [5.41, 5.74) is 2.10. The number of nitrogens with one attached hydrogen (secondary N) is 2. The monoisotopic (exact) mass is 174 g/mol. The Hall–Kier alpha value is -1.60. The first-order valence-electron chi connectivity index (χ1n) is 4.23. The predicted octanol–water partition coefficient (Wildman–Crippen LogP) is 1.34. The van der Waals surface area contributed by atoms with Crippen LogP contribution in [0, 0.1) is 6.57 Å². The number of nitrogens with zero attached hydrogens (tertiary/aromatic N) is 2. The summed E-state index contributed by atoms with van der Waals surface area (Å²) in [4.78, 5) is 3.37. The highest BCUT2D eigenvalue weighted by molar-refractivity contribution is 5.75. The summed E-state index contributed by atoms with van der Waals surface area (Å²) in [5, 5.41) is 9.80. The molecule has 0 saturated carbocycles. The van der Waals surface area contributed by atoms with Crippen molar-refractivity contribution in [3.63, 3.8) is 0 Å². The van der Waals surface area contributed by atoms with Crippen molar-refractivity contribution >= 4 is 11.4 Å². The zero-order valence-corrected chi connectivity index (χ0v) is 7.17. The molecule has 2 rings (SSSR count). The Morgan fingerprint density at radius 2 is 2.46 bits per heavy atom. The molecule has 1 aliphatic heterocycles. The van der Waals surface area contributed by atoms with Crippen LogP contribution in [0.2, 0.25) is 0 Å². The zero-order chi connectivity index (χ0) is 9.10. The maximum atomic E-state index is 6.93. The van der Waals surface area contributed by atoms with E-state index in [2.05, 4.69) is 26.4 Å². The van der Waals surface area contributed by atoms with Crippen LogP contribution in [0.1, 0.15) is 12.0 Å². The number of hydrogen-bond acceptors (Lipinski definition) is 2. The number of aromatic nitrogens is 2. The van der Waals surface area contributed by atoms with Gasteiger partial charge in [0.25, 0.3) is 5.82 Å². The van der Waals surface area contributed by atoms with Crippen LogP contribution in [0.25, 0.3) is 10.4 Å². The minimum absolute atomic E-state index is 0.537. The largest absolute Gasteiger partial charge is 0.362 e. The second-order valence-electron chi connectivity index (χ2n) is 2.94. The van der Waals surface area contributed by atoms with E-state index in [4.69, 9.17) is 6.57 Å². The molecule has 0 radical (unpaired) electrons. The van der Waals surface area contributed by atoms with E-state index in [0.717, 1.165) is 25.1 Å². The average molecular weight is 174 g/mol. The van der Waals surface area contributed by atoms with Crippen LogP contribution in [0.3, 0.4) is 0 Å². The molecule has 13 heavy (non-hydrogen) atoms. The fourth-order valence-electron chi connectivity index (χ4n) is 1.45. The molecular weight excluding hydrogens is 164 g/mol. The van der Waals surface area contributed by atoms with E-state index in [1.807, 2.05) is 0 Å². The maximum Gasteiger partial charge on any atom is 0.257 e. The third-order valence-corrected chi connectivity index (χ3v) is 2.10. The lowest BCUT2D eigenvalue weighted by molar-refractivity contribution is 0.739. The maximum absolute atomic E-state index is 6.93. The van der Waals surface area contributed by atoms with Crippen molar-refractivity contribution in [2.45, 2.75) is 6.42 Å². The molecule has 1 aromatic rings. The van der Waals surface area contributed by atoms with Gasteiger partial charge in [0.1, 0.15) is 0 Å². The number of H-pyrrole nitrogens is 1. The minimum Gasteiger partial charge on any atom is -0.362 e. The summed E-state index contributed by atoms with van der Waals surface area (Å²) in [6.07, 6.45) is 4.90. The highest BCUT2D eigenvalue weighted by atomic mass is 15.2. The summed E-state index contributed by atoms with van der Waals surface area (Å²) < 4.78 is 0. The molecular formula is C9H10N4. The summed E-state index contributed by atoms with van der Waals surface area (Å²) in [6, 6.07) is 0. The highest BCUT2D eigenvalue weighted by Crippen LogP contribution is 2.24. The standard InChI is InChI=1S/C9H10N4/c1-10-9-8(6-12-13-9)7-3-2-4-11-5-7/h3,6,11H,2,4-5H2,(H,12,13). The predicted molar refractivity (Wildman–Crippen MR) is 50.3 cm³/mol. The van der Waals surface area contributed by atoms with E-state index >= 15 is 0 Å². The van der Waals surface area contributed by atoms with Crippen molar-refractivity contribution in [2.75, 3.05) is 13.1 Å². The molecule has 0 fully saturated rings. The lowest BCUT2D eigenvalue weighted by Crippen LogP contribution is -2.21. The number of aromatic amines is 1. The number of rotatable bonds is 1. The Labute approximate surface area is 76.5 Å². The normalized spacial score (nSPS) is 16.4. The Morgan fingerprint density at radius 1 is 1.54 bits per heavy atom. The first kappa shape index (κ1) is 8.02.